The largest absolute Gasteiger partial charge is 0.493 e. The van der Waals surface area contributed by atoms with Crippen LogP contribution >= 0.6 is 23.6 Å². The van der Waals surface area contributed by atoms with E-state index in [9.17, 15) is 14.3 Å². The Labute approximate surface area is 185 Å². The molecule has 31 heavy (non-hydrogen) atoms. The zero-order valence-corrected chi connectivity index (χ0v) is 18.0. The lowest BCUT2D eigenvalue weighted by Gasteiger charge is -2.04. The van der Waals surface area contributed by atoms with Crippen molar-refractivity contribution in [2.24, 2.45) is 4.99 Å². The van der Waals surface area contributed by atoms with Gasteiger partial charge in [-0.3, -0.25) is 14.4 Å². The zero-order chi connectivity index (χ0) is 22.0. The molecule has 0 saturated carbocycles. The van der Waals surface area contributed by atoms with Gasteiger partial charge in [0.25, 0.3) is 0 Å². The van der Waals surface area contributed by atoms with Gasteiger partial charge in [-0.2, -0.15) is 0 Å². The molecule has 0 bridgehead atoms. The SMILES string of the molecule is O=C(O)CCCCCn1c(O)c(C=c2ccc(=c3ccc(F)c4c3=CC=N4)o2)sc1=S. The number of hydrogen-bond acceptors (Lipinski definition) is 6. The molecule has 3 aromatic rings. The summed E-state index contributed by atoms with van der Waals surface area (Å²) < 4.78 is 22.0. The van der Waals surface area contributed by atoms with Gasteiger partial charge in [-0.05, 0) is 55.4 Å². The van der Waals surface area contributed by atoms with E-state index in [0.717, 1.165) is 18.1 Å². The van der Waals surface area contributed by atoms with E-state index in [0.29, 0.717) is 43.5 Å². The Morgan fingerprint density at radius 2 is 2.10 bits per heavy atom. The van der Waals surface area contributed by atoms with Crippen LogP contribution in [0.3, 0.4) is 0 Å². The second-order valence-corrected chi connectivity index (χ2v) is 8.74. The first-order chi connectivity index (χ1) is 14.9. The van der Waals surface area contributed by atoms with Crippen LogP contribution in [0.1, 0.15) is 30.6 Å². The number of carboxylic acid groups (broad SMARTS) is 1. The van der Waals surface area contributed by atoms with Gasteiger partial charge in [0.05, 0.1) is 4.88 Å². The normalized spacial score (nSPS) is 14.0. The smallest absolute Gasteiger partial charge is 0.303 e. The number of benzene rings is 1. The lowest BCUT2D eigenvalue weighted by molar-refractivity contribution is -0.137. The summed E-state index contributed by atoms with van der Waals surface area (Å²) in [4.78, 5) is 15.2. The second kappa shape index (κ2) is 8.99. The zero-order valence-electron chi connectivity index (χ0n) is 16.4. The van der Waals surface area contributed by atoms with Gasteiger partial charge in [0.15, 0.2) is 3.95 Å². The van der Waals surface area contributed by atoms with Crippen molar-refractivity contribution in [1.82, 2.24) is 4.57 Å². The molecule has 0 unspecified atom stereocenters. The minimum Gasteiger partial charge on any atom is -0.493 e. The monoisotopic (exact) mass is 458 g/mol. The second-order valence-electron chi connectivity index (χ2n) is 7.06. The van der Waals surface area contributed by atoms with Gasteiger partial charge < -0.3 is 14.6 Å². The molecule has 0 atom stereocenters. The van der Waals surface area contributed by atoms with Crippen molar-refractivity contribution in [3.05, 3.63) is 60.2 Å². The Kier molecular flexibility index (Phi) is 6.15. The molecule has 3 heterocycles. The molecular weight excluding hydrogens is 439 g/mol. The van der Waals surface area contributed by atoms with Gasteiger partial charge in [-0.1, -0.05) is 6.42 Å². The van der Waals surface area contributed by atoms with Gasteiger partial charge in [0.1, 0.15) is 22.3 Å². The summed E-state index contributed by atoms with van der Waals surface area (Å²) in [5.74, 6) is -1.12. The molecule has 1 aliphatic rings. The van der Waals surface area contributed by atoms with Crippen molar-refractivity contribution >= 4 is 53.6 Å². The maximum atomic E-state index is 13.9. The summed E-state index contributed by atoms with van der Waals surface area (Å²) in [6.45, 7) is 0.523. The van der Waals surface area contributed by atoms with Gasteiger partial charge >= 0.3 is 5.97 Å². The molecule has 0 amide bonds. The number of thiazole rings is 1. The number of hydrogen-bond donors (Lipinski definition) is 2. The van der Waals surface area contributed by atoms with Crippen LogP contribution in [-0.2, 0) is 11.3 Å². The van der Waals surface area contributed by atoms with Crippen LogP contribution in [0.5, 0.6) is 5.88 Å². The molecule has 1 aromatic carbocycles. The highest BCUT2D eigenvalue weighted by Crippen LogP contribution is 2.27. The summed E-state index contributed by atoms with van der Waals surface area (Å²) in [5, 5.41) is 20.7. The number of aliphatic imine (C=N–C) groups is 1. The molecule has 0 radical (unpaired) electrons. The maximum Gasteiger partial charge on any atom is 0.303 e. The lowest BCUT2D eigenvalue weighted by Crippen LogP contribution is -2.03. The number of fused-ring (bicyclic) bond motifs is 1. The predicted octanol–water partition coefficient (Wildman–Crippen LogP) is 3.97. The molecule has 0 fully saturated rings. The highest BCUT2D eigenvalue weighted by atomic mass is 32.1. The number of carbonyl (C=O) groups is 1. The van der Waals surface area contributed by atoms with Crippen LogP contribution in [0, 0.1) is 20.4 Å². The van der Waals surface area contributed by atoms with E-state index in [1.165, 1.54) is 17.4 Å². The summed E-state index contributed by atoms with van der Waals surface area (Å²) in [6, 6.07) is 6.59. The highest BCUT2D eigenvalue weighted by molar-refractivity contribution is 7.73. The molecule has 0 saturated heterocycles. The fraction of sp³-hybridized carbons (Fsp3) is 0.227. The van der Waals surface area contributed by atoms with E-state index in [-0.39, 0.29) is 18.1 Å². The molecule has 2 aromatic heterocycles. The Morgan fingerprint density at radius 3 is 2.90 bits per heavy atom. The third-order valence-corrected chi connectivity index (χ3v) is 6.33. The Bertz CT molecular complexity index is 1450. The molecule has 160 valence electrons. The molecule has 0 aliphatic carbocycles. The summed E-state index contributed by atoms with van der Waals surface area (Å²) in [5.41, 5.74) is 1.41. The number of rotatable bonds is 7. The fourth-order valence-corrected chi connectivity index (χ4v) is 4.72. The standard InChI is InChI=1S/C22H19FN2O4S2/c23-16-7-6-14(15-9-10-24-20(15)16)17-8-5-13(29-17)12-18-21(28)25(22(30)31-18)11-3-1-2-4-19(26)27/h5-10,12,28H,1-4,11H2,(H,26,27). The van der Waals surface area contributed by atoms with E-state index >= 15 is 0 Å². The molecule has 6 nitrogen and oxygen atoms in total. The van der Waals surface area contributed by atoms with Crippen LogP contribution in [0.25, 0.3) is 12.2 Å². The van der Waals surface area contributed by atoms with E-state index in [1.807, 2.05) is 0 Å². The minimum atomic E-state index is -0.805. The summed E-state index contributed by atoms with van der Waals surface area (Å²) in [7, 11) is 0. The molecule has 2 N–H and O–H groups in total. The molecule has 9 heteroatoms. The summed E-state index contributed by atoms with van der Waals surface area (Å²) >= 11 is 6.64. The fourth-order valence-electron chi connectivity index (χ4n) is 3.42. The van der Waals surface area contributed by atoms with Crippen LogP contribution in [-0.4, -0.2) is 27.0 Å². The van der Waals surface area contributed by atoms with Crippen molar-refractivity contribution in [3.8, 4) is 5.88 Å². The van der Waals surface area contributed by atoms with Crippen molar-refractivity contribution in [1.29, 1.82) is 0 Å². The average Bonchev–Trinajstić information content (AvgIpc) is 3.45. The minimum absolute atomic E-state index is 0.0654. The summed E-state index contributed by atoms with van der Waals surface area (Å²) in [6.07, 6.45) is 7.22. The van der Waals surface area contributed by atoms with Crippen LogP contribution in [0.2, 0.25) is 0 Å². The lowest BCUT2D eigenvalue weighted by atomic mass is 10.2. The average molecular weight is 459 g/mol. The number of unbranched alkanes of at least 4 members (excludes halogenated alkanes) is 2. The van der Waals surface area contributed by atoms with Crippen molar-refractivity contribution < 1.29 is 23.8 Å². The van der Waals surface area contributed by atoms with E-state index < -0.39 is 5.97 Å². The number of halogens is 1. The number of furan rings is 1. The highest BCUT2D eigenvalue weighted by Gasteiger charge is 2.11. The molecular formula is C22H19FN2O4S2. The van der Waals surface area contributed by atoms with Crippen molar-refractivity contribution in [2.45, 2.75) is 32.2 Å². The Hall–Kier alpha value is -3.04. The number of aromatic nitrogens is 1. The van der Waals surface area contributed by atoms with Gasteiger partial charge in [0, 0.05) is 35.7 Å². The molecule has 4 rings (SSSR count). The topological polar surface area (TPSA) is 88.0 Å². The first-order valence-corrected chi connectivity index (χ1v) is 11.0. The Balaban J connectivity index is 1.62. The van der Waals surface area contributed by atoms with Crippen molar-refractivity contribution in [3.63, 3.8) is 0 Å². The molecule has 1 aliphatic heterocycles. The third kappa shape index (κ3) is 4.52. The van der Waals surface area contributed by atoms with Crippen molar-refractivity contribution in [2.75, 3.05) is 0 Å². The van der Waals surface area contributed by atoms with Gasteiger partial charge in [0.2, 0.25) is 5.88 Å². The maximum absolute atomic E-state index is 13.9. The van der Waals surface area contributed by atoms with Gasteiger partial charge in [-0.15, -0.1) is 11.3 Å². The first-order valence-electron chi connectivity index (χ1n) is 9.73. The van der Waals surface area contributed by atoms with E-state index in [2.05, 4.69) is 4.99 Å². The number of nitrogens with zero attached hydrogens (tertiary/aromatic N) is 2. The van der Waals surface area contributed by atoms with Crippen LogP contribution in [0.4, 0.5) is 10.1 Å². The van der Waals surface area contributed by atoms with Crippen LogP contribution in [0.15, 0.2) is 33.7 Å². The number of aliphatic carboxylic acids is 1. The van der Waals surface area contributed by atoms with E-state index in [1.54, 1.807) is 41.1 Å². The van der Waals surface area contributed by atoms with E-state index in [4.69, 9.17) is 21.7 Å². The van der Waals surface area contributed by atoms with Crippen LogP contribution < -0.4 is 10.6 Å². The Morgan fingerprint density at radius 1 is 1.26 bits per heavy atom. The number of carboxylic acids is 1. The van der Waals surface area contributed by atoms with Gasteiger partial charge in [-0.25, -0.2) is 4.39 Å². The predicted molar refractivity (Wildman–Crippen MR) is 119 cm³/mol. The quantitative estimate of drug-likeness (QED) is 0.413. The number of aromatic hydroxyl groups is 1. The third-order valence-electron chi connectivity index (χ3n) is 4.94. The first kappa shape index (κ1) is 21.2. The molecule has 0 spiro atoms.